The number of benzene rings is 3. The highest BCUT2D eigenvalue weighted by Crippen LogP contribution is 2.35. The molecule has 3 aromatic rings. The van der Waals surface area contributed by atoms with Crippen LogP contribution in [0.3, 0.4) is 0 Å². The van der Waals surface area contributed by atoms with E-state index in [0.717, 1.165) is 27.9 Å². The fourth-order valence-electron chi connectivity index (χ4n) is 4.61. The Morgan fingerprint density at radius 3 is 2.35 bits per heavy atom. The van der Waals surface area contributed by atoms with Crippen molar-refractivity contribution >= 4 is 40.6 Å². The van der Waals surface area contributed by atoms with E-state index in [1.54, 1.807) is 36.3 Å². The summed E-state index contributed by atoms with van der Waals surface area (Å²) in [6.07, 6.45) is 1.64. The minimum Gasteiger partial charge on any atom is -0.493 e. The van der Waals surface area contributed by atoms with Crippen LogP contribution >= 0.6 is 11.8 Å². The number of carbonyl (C=O) groups excluding carboxylic acids is 3. The first-order valence-electron chi connectivity index (χ1n) is 13.1. The molecule has 2 aliphatic rings. The zero-order valence-electron chi connectivity index (χ0n) is 22.5. The third-order valence-electron chi connectivity index (χ3n) is 6.92. The molecule has 0 aromatic heterocycles. The largest absolute Gasteiger partial charge is 0.493 e. The topological polar surface area (TPSA) is 79.4 Å². The molecule has 9 heteroatoms. The number of ether oxygens (including phenoxy) is 2. The molecule has 206 valence electrons. The van der Waals surface area contributed by atoms with Crippen LogP contribution in [0.5, 0.6) is 11.5 Å². The van der Waals surface area contributed by atoms with E-state index >= 15 is 0 Å². The van der Waals surface area contributed by atoms with Gasteiger partial charge in [0.2, 0.25) is 5.91 Å². The summed E-state index contributed by atoms with van der Waals surface area (Å²) in [4.78, 5) is 43.9. The van der Waals surface area contributed by atoms with Gasteiger partial charge < -0.3 is 19.3 Å². The van der Waals surface area contributed by atoms with Crippen molar-refractivity contribution in [2.45, 2.75) is 13.5 Å². The molecule has 5 rings (SSSR count). The molecule has 0 atom stereocenters. The first kappa shape index (κ1) is 27.3. The second-order valence-corrected chi connectivity index (χ2v) is 10.6. The van der Waals surface area contributed by atoms with E-state index in [0.29, 0.717) is 49.8 Å². The second kappa shape index (κ2) is 12.3. The van der Waals surface area contributed by atoms with Gasteiger partial charge in [0.1, 0.15) is 13.2 Å². The number of methoxy groups -OCH3 is 1. The molecule has 2 heterocycles. The van der Waals surface area contributed by atoms with Gasteiger partial charge in [0.15, 0.2) is 11.5 Å². The van der Waals surface area contributed by atoms with Crippen molar-refractivity contribution in [3.63, 3.8) is 0 Å². The van der Waals surface area contributed by atoms with Crippen molar-refractivity contribution < 1.29 is 23.9 Å². The number of nitrogens with zero attached hydrogens (tertiary/aromatic N) is 3. The summed E-state index contributed by atoms with van der Waals surface area (Å²) in [7, 11) is 1.55. The van der Waals surface area contributed by atoms with Crippen molar-refractivity contribution in [1.82, 2.24) is 9.80 Å². The maximum atomic E-state index is 13.1. The molecule has 2 aliphatic heterocycles. The Kier molecular flexibility index (Phi) is 8.40. The molecule has 0 radical (unpaired) electrons. The van der Waals surface area contributed by atoms with Crippen molar-refractivity contribution in [3.05, 3.63) is 94.4 Å². The molecule has 3 aromatic carbocycles. The van der Waals surface area contributed by atoms with E-state index < -0.39 is 11.1 Å². The van der Waals surface area contributed by atoms with Gasteiger partial charge in [-0.05, 0) is 60.2 Å². The lowest BCUT2D eigenvalue weighted by Crippen LogP contribution is -2.51. The van der Waals surface area contributed by atoms with E-state index in [2.05, 4.69) is 4.90 Å². The number of rotatable bonds is 8. The predicted molar refractivity (Wildman–Crippen MR) is 156 cm³/mol. The first-order chi connectivity index (χ1) is 19.4. The number of anilines is 1. The number of imide groups is 1. The summed E-state index contributed by atoms with van der Waals surface area (Å²) in [5.74, 6) is 0.397. The first-order valence-corrected chi connectivity index (χ1v) is 13.9. The van der Waals surface area contributed by atoms with Gasteiger partial charge in [-0.1, -0.05) is 54.1 Å². The zero-order valence-corrected chi connectivity index (χ0v) is 23.4. The van der Waals surface area contributed by atoms with Crippen LogP contribution in [0.1, 0.15) is 16.7 Å². The number of amides is 3. The van der Waals surface area contributed by atoms with Crippen molar-refractivity contribution in [2.75, 3.05) is 44.7 Å². The molecule has 40 heavy (non-hydrogen) atoms. The van der Waals surface area contributed by atoms with E-state index in [4.69, 9.17) is 9.47 Å². The maximum absolute atomic E-state index is 13.1. The number of piperazine rings is 1. The van der Waals surface area contributed by atoms with Crippen LogP contribution in [0.2, 0.25) is 0 Å². The minimum atomic E-state index is -0.468. The smallest absolute Gasteiger partial charge is 0.294 e. The molecule has 0 aliphatic carbocycles. The van der Waals surface area contributed by atoms with Crippen molar-refractivity contribution in [2.24, 2.45) is 0 Å². The third kappa shape index (κ3) is 6.31. The molecule has 8 nitrogen and oxygen atoms in total. The van der Waals surface area contributed by atoms with Gasteiger partial charge in [0.25, 0.3) is 11.1 Å². The lowest BCUT2D eigenvalue weighted by atomic mass is 10.1. The van der Waals surface area contributed by atoms with Gasteiger partial charge in [0, 0.05) is 31.9 Å². The van der Waals surface area contributed by atoms with Crippen LogP contribution < -0.4 is 14.4 Å². The Morgan fingerprint density at radius 1 is 0.925 bits per heavy atom. The van der Waals surface area contributed by atoms with Crippen LogP contribution in [-0.4, -0.2) is 66.7 Å². The van der Waals surface area contributed by atoms with Crippen LogP contribution in [0.4, 0.5) is 10.5 Å². The molecule has 0 spiro atoms. The lowest BCUT2D eigenvalue weighted by Gasteiger charge is -2.36. The fraction of sp³-hybridized carbons (Fsp3) is 0.258. The van der Waals surface area contributed by atoms with Crippen LogP contribution in [0.25, 0.3) is 6.08 Å². The molecule has 0 saturated carbocycles. The average molecular weight is 558 g/mol. The normalized spacial score (nSPS) is 16.6. The number of thioether (sulfide) groups is 1. The molecule has 0 N–H and O–H groups in total. The van der Waals surface area contributed by atoms with Gasteiger partial charge in [-0.15, -0.1) is 0 Å². The van der Waals surface area contributed by atoms with Crippen molar-refractivity contribution in [3.8, 4) is 11.5 Å². The lowest BCUT2D eigenvalue weighted by molar-refractivity contribution is -0.136. The van der Waals surface area contributed by atoms with Gasteiger partial charge >= 0.3 is 0 Å². The average Bonchev–Trinajstić information content (AvgIpc) is 3.24. The molecular weight excluding hydrogens is 526 g/mol. The third-order valence-corrected chi connectivity index (χ3v) is 7.83. The van der Waals surface area contributed by atoms with Gasteiger partial charge in [-0.25, -0.2) is 0 Å². The number of aryl methyl sites for hydroxylation is 1. The van der Waals surface area contributed by atoms with Gasteiger partial charge in [-0.3, -0.25) is 19.3 Å². The maximum Gasteiger partial charge on any atom is 0.294 e. The van der Waals surface area contributed by atoms with Gasteiger partial charge in [0.05, 0.1) is 12.0 Å². The fourth-order valence-corrected chi connectivity index (χ4v) is 5.45. The molecular formula is C31H31N3O5S. The van der Waals surface area contributed by atoms with Gasteiger partial charge in [-0.2, -0.15) is 0 Å². The minimum absolute atomic E-state index is 0.229. The summed E-state index contributed by atoms with van der Waals surface area (Å²) in [6.45, 7) is 4.64. The highest BCUT2D eigenvalue weighted by atomic mass is 32.2. The number of hydrogen-bond donors (Lipinski definition) is 0. The van der Waals surface area contributed by atoms with E-state index in [1.807, 2.05) is 61.5 Å². The number of hydrogen-bond acceptors (Lipinski definition) is 7. The van der Waals surface area contributed by atoms with Crippen molar-refractivity contribution in [1.29, 1.82) is 0 Å². The number of carbonyl (C=O) groups is 3. The quantitative estimate of drug-likeness (QED) is 0.362. The molecule has 2 saturated heterocycles. The molecule has 2 fully saturated rings. The summed E-state index contributed by atoms with van der Waals surface area (Å²) < 4.78 is 11.4. The zero-order chi connectivity index (χ0) is 28.1. The Bertz CT molecular complexity index is 1420. The Labute approximate surface area is 238 Å². The Balaban J connectivity index is 1.19. The van der Waals surface area contributed by atoms with Crippen LogP contribution in [0.15, 0.2) is 77.7 Å². The summed E-state index contributed by atoms with van der Waals surface area (Å²) in [5, 5.41) is -0.447. The standard InChI is InChI=1S/C31H31N3O5S/c1-22-8-10-23(11-9-22)21-39-26-13-12-24(18-27(26)38-2)19-28-30(36)34(31(37)40-28)20-29(35)33-16-14-32(15-17-33)25-6-4-3-5-7-25/h3-13,18-19H,14-17,20-21H2,1-2H3/b28-19+. The Morgan fingerprint density at radius 2 is 1.65 bits per heavy atom. The highest BCUT2D eigenvalue weighted by Gasteiger charge is 2.37. The van der Waals surface area contributed by atoms with E-state index in [1.165, 1.54) is 5.56 Å². The van der Waals surface area contributed by atoms with Crippen LogP contribution in [0, 0.1) is 6.92 Å². The summed E-state index contributed by atoms with van der Waals surface area (Å²) in [6, 6.07) is 23.5. The second-order valence-electron chi connectivity index (χ2n) is 9.66. The summed E-state index contributed by atoms with van der Waals surface area (Å²) >= 11 is 0.837. The SMILES string of the molecule is COc1cc(/C=C2/SC(=O)N(CC(=O)N3CCN(c4ccccc4)CC3)C2=O)ccc1OCc1ccc(C)cc1. The predicted octanol–water partition coefficient (Wildman–Crippen LogP) is 4.97. The monoisotopic (exact) mass is 557 g/mol. The Hall–Kier alpha value is -4.24. The molecule has 0 unspecified atom stereocenters. The van der Waals surface area contributed by atoms with E-state index in [-0.39, 0.29) is 17.4 Å². The molecule has 3 amide bonds. The number of para-hydroxylation sites is 1. The summed E-state index contributed by atoms with van der Waals surface area (Å²) in [5.41, 5.74) is 4.03. The highest BCUT2D eigenvalue weighted by molar-refractivity contribution is 8.18. The van der Waals surface area contributed by atoms with Crippen LogP contribution in [-0.2, 0) is 16.2 Å². The van der Waals surface area contributed by atoms with E-state index in [9.17, 15) is 14.4 Å². The molecule has 0 bridgehead atoms.